The molecule has 1 aliphatic rings. The first kappa shape index (κ1) is 23.1. The van der Waals surface area contributed by atoms with Crippen LogP contribution in [0.4, 0.5) is 8.78 Å². The highest BCUT2D eigenvalue weighted by molar-refractivity contribution is 5.86. The summed E-state index contributed by atoms with van der Waals surface area (Å²) >= 11 is 0. The van der Waals surface area contributed by atoms with E-state index >= 15 is 0 Å². The molecule has 1 fully saturated rings. The molecule has 0 saturated carbocycles. The third-order valence-electron chi connectivity index (χ3n) is 4.69. The number of carboxylic acid groups (broad SMARTS) is 1. The Morgan fingerprint density at radius 2 is 2.04 bits per heavy atom. The maximum absolute atomic E-state index is 13.8. The first-order valence-corrected chi connectivity index (χ1v) is 9.35. The molecular weight excluding hydrogens is 356 g/mol. The molecule has 0 spiro atoms. The molecule has 1 rings (SSSR count). The monoisotopic (exact) mass is 385 g/mol. The van der Waals surface area contributed by atoms with E-state index < -0.39 is 36.4 Å². The van der Waals surface area contributed by atoms with Gasteiger partial charge in [0.15, 0.2) is 0 Å². The number of carboxylic acids is 1. The third kappa shape index (κ3) is 7.67. The molecule has 1 saturated heterocycles. The van der Waals surface area contributed by atoms with Gasteiger partial charge in [0, 0.05) is 25.8 Å². The minimum atomic E-state index is -3.39. The van der Waals surface area contributed by atoms with Gasteiger partial charge in [0.2, 0.25) is 0 Å². The molecule has 152 valence electrons. The van der Waals surface area contributed by atoms with Gasteiger partial charge >= 0.3 is 11.9 Å². The average Bonchev–Trinajstić information content (AvgIpc) is 2.82. The molecule has 7 heteroatoms. The quantitative estimate of drug-likeness (QED) is 0.325. The van der Waals surface area contributed by atoms with Crippen LogP contribution in [0, 0.1) is 17.8 Å². The van der Waals surface area contributed by atoms with Crippen molar-refractivity contribution < 1.29 is 28.6 Å². The fourth-order valence-electron chi connectivity index (χ4n) is 2.99. The molecule has 1 heterocycles. The number of aliphatic hydroxyl groups is 1. The van der Waals surface area contributed by atoms with Crippen molar-refractivity contribution in [3.05, 3.63) is 12.2 Å². The minimum absolute atomic E-state index is 0.0879. The number of amides is 1. The smallest absolute Gasteiger partial charge is 0.327 e. The van der Waals surface area contributed by atoms with Crippen LogP contribution in [0.25, 0.3) is 0 Å². The van der Waals surface area contributed by atoms with Crippen molar-refractivity contribution in [3.8, 4) is 11.8 Å². The lowest BCUT2D eigenvalue weighted by atomic mass is 10.00. The van der Waals surface area contributed by atoms with E-state index in [2.05, 4.69) is 11.8 Å². The van der Waals surface area contributed by atoms with E-state index in [-0.39, 0.29) is 18.9 Å². The zero-order chi connectivity index (χ0) is 20.4. The standard InChI is InChI=1S/C20H29F2NO4/c1-3-4-9-15(2)17(24)12-11-16-14-20(21,22)19(27)23(16)13-8-6-5-7-10-18(25)26/h11-12,15-17,24H,5-10,13-14H2,1-2H3,(H,25,26)/t15-,16+,17-/m1/s1. The molecule has 2 N–H and O–H groups in total. The maximum Gasteiger partial charge on any atom is 0.327 e. The van der Waals surface area contributed by atoms with Crippen molar-refractivity contribution in [2.45, 2.75) is 76.9 Å². The third-order valence-corrected chi connectivity index (χ3v) is 4.69. The van der Waals surface area contributed by atoms with Gasteiger partial charge in [-0.05, 0) is 25.7 Å². The van der Waals surface area contributed by atoms with Gasteiger partial charge in [0.25, 0.3) is 5.91 Å². The molecule has 5 nitrogen and oxygen atoms in total. The molecule has 0 aromatic heterocycles. The normalized spacial score (nSPS) is 21.1. The van der Waals surface area contributed by atoms with E-state index in [4.69, 9.17) is 5.11 Å². The van der Waals surface area contributed by atoms with E-state index in [1.165, 1.54) is 12.2 Å². The van der Waals surface area contributed by atoms with Crippen LogP contribution in [0.3, 0.4) is 0 Å². The van der Waals surface area contributed by atoms with E-state index in [9.17, 15) is 23.5 Å². The SMILES string of the molecule is CC#CC[C@@H](C)[C@H](O)C=C[C@H]1CC(F)(F)C(=O)N1CCCCCCC(=O)O. The van der Waals surface area contributed by atoms with Crippen molar-refractivity contribution in [2.75, 3.05) is 6.54 Å². The Hall–Kier alpha value is -1.94. The molecule has 0 bridgehead atoms. The second-order valence-electron chi connectivity index (χ2n) is 7.02. The number of hydrogen-bond acceptors (Lipinski definition) is 3. The molecule has 0 aliphatic carbocycles. The van der Waals surface area contributed by atoms with E-state index in [1.54, 1.807) is 6.92 Å². The van der Waals surface area contributed by atoms with Crippen molar-refractivity contribution in [1.29, 1.82) is 0 Å². The molecule has 3 atom stereocenters. The van der Waals surface area contributed by atoms with E-state index in [0.29, 0.717) is 32.1 Å². The predicted octanol–water partition coefficient (Wildman–Crippen LogP) is 3.22. The Labute approximate surface area is 159 Å². The highest BCUT2D eigenvalue weighted by Gasteiger charge is 2.52. The summed E-state index contributed by atoms with van der Waals surface area (Å²) in [6.07, 6.45) is 4.58. The van der Waals surface area contributed by atoms with Gasteiger partial charge in [0.1, 0.15) is 0 Å². The second-order valence-corrected chi connectivity index (χ2v) is 7.02. The van der Waals surface area contributed by atoms with E-state index in [0.717, 1.165) is 4.90 Å². The highest BCUT2D eigenvalue weighted by Crippen LogP contribution is 2.34. The zero-order valence-electron chi connectivity index (χ0n) is 16.0. The van der Waals surface area contributed by atoms with Crippen molar-refractivity contribution >= 4 is 11.9 Å². The summed E-state index contributed by atoms with van der Waals surface area (Å²) in [7, 11) is 0. The van der Waals surface area contributed by atoms with Crippen molar-refractivity contribution in [3.63, 3.8) is 0 Å². The number of alkyl halides is 2. The Bertz CT molecular complexity index is 595. The molecule has 0 aromatic carbocycles. The lowest BCUT2D eigenvalue weighted by Gasteiger charge is -2.22. The Balaban J connectivity index is 2.59. The second kappa shape index (κ2) is 11.0. The van der Waals surface area contributed by atoms with Crippen LogP contribution < -0.4 is 0 Å². The summed E-state index contributed by atoms with van der Waals surface area (Å²) < 4.78 is 27.7. The lowest BCUT2D eigenvalue weighted by Crippen LogP contribution is -2.36. The van der Waals surface area contributed by atoms with Gasteiger partial charge in [-0.25, -0.2) is 0 Å². The Morgan fingerprint density at radius 3 is 2.67 bits per heavy atom. The number of likely N-dealkylation sites (tertiary alicyclic amines) is 1. The van der Waals surface area contributed by atoms with Crippen molar-refractivity contribution in [2.24, 2.45) is 5.92 Å². The number of rotatable bonds is 11. The number of aliphatic hydroxyl groups excluding tert-OH is 1. The molecule has 1 aliphatic heterocycles. The maximum atomic E-state index is 13.8. The number of carbonyl (C=O) groups excluding carboxylic acids is 1. The average molecular weight is 385 g/mol. The fourth-order valence-corrected chi connectivity index (χ4v) is 2.99. The molecule has 0 aromatic rings. The highest BCUT2D eigenvalue weighted by atomic mass is 19.3. The van der Waals surface area contributed by atoms with Gasteiger partial charge in [0.05, 0.1) is 12.1 Å². The van der Waals surface area contributed by atoms with Gasteiger partial charge in [-0.3, -0.25) is 9.59 Å². The van der Waals surface area contributed by atoms with Crippen LogP contribution in [0.15, 0.2) is 12.2 Å². The molecular formula is C20H29F2NO4. The van der Waals surface area contributed by atoms with Crippen LogP contribution in [0.5, 0.6) is 0 Å². The summed E-state index contributed by atoms with van der Waals surface area (Å²) in [5.41, 5.74) is 0. The summed E-state index contributed by atoms with van der Waals surface area (Å²) in [4.78, 5) is 23.6. The molecule has 0 unspecified atom stereocenters. The summed E-state index contributed by atoms with van der Waals surface area (Å²) in [6, 6.07) is -0.745. The van der Waals surface area contributed by atoms with Crippen LogP contribution in [0.1, 0.15) is 58.8 Å². The topological polar surface area (TPSA) is 77.8 Å². The van der Waals surface area contributed by atoms with Gasteiger partial charge in [-0.1, -0.05) is 31.9 Å². The number of nitrogens with zero attached hydrogens (tertiary/aromatic N) is 1. The summed E-state index contributed by atoms with van der Waals surface area (Å²) in [5, 5.41) is 18.7. The Morgan fingerprint density at radius 1 is 1.37 bits per heavy atom. The summed E-state index contributed by atoms with van der Waals surface area (Å²) in [5.74, 6) is 0.0706. The molecule has 0 radical (unpaired) electrons. The number of unbranched alkanes of at least 4 members (excludes halogenated alkanes) is 3. The Kier molecular flexibility index (Phi) is 9.44. The number of carbonyl (C=O) groups is 2. The van der Waals surface area contributed by atoms with E-state index in [1.807, 2.05) is 6.92 Å². The van der Waals surface area contributed by atoms with Crippen LogP contribution in [-0.4, -0.2) is 51.6 Å². The van der Waals surface area contributed by atoms with Gasteiger partial charge < -0.3 is 15.1 Å². The summed E-state index contributed by atoms with van der Waals surface area (Å²) in [6.45, 7) is 3.73. The fraction of sp³-hybridized carbons (Fsp3) is 0.700. The van der Waals surface area contributed by atoms with Gasteiger partial charge in [-0.2, -0.15) is 8.78 Å². The lowest BCUT2D eigenvalue weighted by molar-refractivity contribution is -0.148. The molecule has 1 amide bonds. The van der Waals surface area contributed by atoms with Crippen LogP contribution in [-0.2, 0) is 9.59 Å². The number of hydrogen-bond donors (Lipinski definition) is 2. The largest absolute Gasteiger partial charge is 0.481 e. The van der Waals surface area contributed by atoms with Crippen molar-refractivity contribution in [1.82, 2.24) is 4.90 Å². The van der Waals surface area contributed by atoms with Crippen LogP contribution >= 0.6 is 0 Å². The van der Waals surface area contributed by atoms with Gasteiger partial charge in [-0.15, -0.1) is 11.8 Å². The number of aliphatic carboxylic acids is 1. The van der Waals surface area contributed by atoms with Crippen LogP contribution in [0.2, 0.25) is 0 Å². The number of halogens is 2. The first-order valence-electron chi connectivity index (χ1n) is 9.35. The predicted molar refractivity (Wildman–Crippen MR) is 98.2 cm³/mol. The first-order chi connectivity index (χ1) is 12.7. The zero-order valence-corrected chi connectivity index (χ0v) is 16.0. The minimum Gasteiger partial charge on any atom is -0.481 e. The molecule has 27 heavy (non-hydrogen) atoms.